The van der Waals surface area contributed by atoms with Gasteiger partial charge in [-0.15, -0.1) is 11.3 Å². The standard InChI is InChI=1S/C14H16N2OS/c1-10-5-3-4-6-13(10)16-14(17)8-7-12-9-18-11(2)15-12/h3-6,9H,7-8H2,1-2H3,(H,16,17). The van der Waals surface area contributed by atoms with E-state index in [4.69, 9.17) is 0 Å². The van der Waals surface area contributed by atoms with Crippen LogP contribution in [0.3, 0.4) is 0 Å². The van der Waals surface area contributed by atoms with Crippen LogP contribution >= 0.6 is 11.3 Å². The van der Waals surface area contributed by atoms with Crippen molar-refractivity contribution in [2.75, 3.05) is 5.32 Å². The number of para-hydroxylation sites is 1. The van der Waals surface area contributed by atoms with E-state index in [9.17, 15) is 4.79 Å². The molecule has 18 heavy (non-hydrogen) atoms. The van der Waals surface area contributed by atoms with Crippen molar-refractivity contribution in [1.82, 2.24) is 4.98 Å². The van der Waals surface area contributed by atoms with E-state index in [0.717, 1.165) is 22.0 Å². The number of carbonyl (C=O) groups is 1. The molecule has 1 N–H and O–H groups in total. The van der Waals surface area contributed by atoms with Crippen LogP contribution in [0, 0.1) is 13.8 Å². The molecule has 2 rings (SSSR count). The highest BCUT2D eigenvalue weighted by Gasteiger charge is 2.06. The highest BCUT2D eigenvalue weighted by molar-refractivity contribution is 7.09. The summed E-state index contributed by atoms with van der Waals surface area (Å²) in [5.41, 5.74) is 2.96. The van der Waals surface area contributed by atoms with E-state index in [0.29, 0.717) is 12.8 Å². The molecule has 94 valence electrons. The predicted molar refractivity (Wildman–Crippen MR) is 75.0 cm³/mol. The third kappa shape index (κ3) is 3.40. The Balaban J connectivity index is 1.88. The number of nitrogens with one attached hydrogen (secondary N) is 1. The second kappa shape index (κ2) is 5.78. The van der Waals surface area contributed by atoms with Gasteiger partial charge in [-0.1, -0.05) is 18.2 Å². The molecule has 1 aromatic heterocycles. The lowest BCUT2D eigenvalue weighted by Crippen LogP contribution is -2.13. The topological polar surface area (TPSA) is 42.0 Å². The number of hydrogen-bond acceptors (Lipinski definition) is 3. The lowest BCUT2D eigenvalue weighted by molar-refractivity contribution is -0.116. The van der Waals surface area contributed by atoms with Crippen LogP contribution < -0.4 is 5.32 Å². The zero-order valence-corrected chi connectivity index (χ0v) is 11.4. The van der Waals surface area contributed by atoms with Crippen LogP contribution in [0.5, 0.6) is 0 Å². The largest absolute Gasteiger partial charge is 0.326 e. The fourth-order valence-electron chi connectivity index (χ4n) is 1.69. The van der Waals surface area contributed by atoms with Crippen molar-refractivity contribution in [1.29, 1.82) is 0 Å². The minimum absolute atomic E-state index is 0.0370. The molecule has 0 saturated heterocycles. The molecule has 1 aromatic carbocycles. The van der Waals surface area contributed by atoms with Crippen molar-refractivity contribution in [2.24, 2.45) is 0 Å². The lowest BCUT2D eigenvalue weighted by atomic mass is 10.2. The van der Waals surface area contributed by atoms with E-state index < -0.39 is 0 Å². The van der Waals surface area contributed by atoms with Gasteiger partial charge >= 0.3 is 0 Å². The molecule has 0 bridgehead atoms. The number of rotatable bonds is 4. The van der Waals surface area contributed by atoms with Gasteiger partial charge in [-0.25, -0.2) is 4.98 Å². The molecule has 0 radical (unpaired) electrons. The van der Waals surface area contributed by atoms with Crippen molar-refractivity contribution in [3.8, 4) is 0 Å². The summed E-state index contributed by atoms with van der Waals surface area (Å²) < 4.78 is 0. The number of aromatic nitrogens is 1. The van der Waals surface area contributed by atoms with Gasteiger partial charge in [0.2, 0.25) is 5.91 Å². The molecular weight excluding hydrogens is 244 g/mol. The molecule has 3 nitrogen and oxygen atoms in total. The van der Waals surface area contributed by atoms with Gasteiger partial charge in [0.15, 0.2) is 0 Å². The summed E-state index contributed by atoms with van der Waals surface area (Å²) in [6.45, 7) is 3.96. The highest BCUT2D eigenvalue weighted by Crippen LogP contribution is 2.14. The third-order valence-electron chi connectivity index (χ3n) is 2.69. The number of nitrogens with zero attached hydrogens (tertiary/aromatic N) is 1. The van der Waals surface area contributed by atoms with Crippen LogP contribution in [0.15, 0.2) is 29.6 Å². The maximum absolute atomic E-state index is 11.8. The van der Waals surface area contributed by atoms with E-state index >= 15 is 0 Å². The Morgan fingerprint density at radius 3 is 2.78 bits per heavy atom. The van der Waals surface area contributed by atoms with Gasteiger partial charge in [0.25, 0.3) is 0 Å². The zero-order chi connectivity index (χ0) is 13.0. The quantitative estimate of drug-likeness (QED) is 0.916. The minimum Gasteiger partial charge on any atom is -0.326 e. The summed E-state index contributed by atoms with van der Waals surface area (Å²) in [5.74, 6) is 0.0370. The molecule has 0 fully saturated rings. The van der Waals surface area contributed by atoms with Gasteiger partial charge in [0.05, 0.1) is 10.7 Å². The van der Waals surface area contributed by atoms with E-state index in [1.165, 1.54) is 0 Å². The van der Waals surface area contributed by atoms with E-state index in [1.54, 1.807) is 11.3 Å². The molecule has 0 aliphatic rings. The Hall–Kier alpha value is -1.68. The van der Waals surface area contributed by atoms with Crippen molar-refractivity contribution in [2.45, 2.75) is 26.7 Å². The SMILES string of the molecule is Cc1nc(CCC(=O)Nc2ccccc2C)cs1. The first-order valence-corrected chi connectivity index (χ1v) is 6.79. The normalized spacial score (nSPS) is 10.3. The van der Waals surface area contributed by atoms with Gasteiger partial charge in [-0.3, -0.25) is 4.79 Å². The molecule has 1 heterocycles. The molecule has 0 unspecified atom stereocenters. The zero-order valence-electron chi connectivity index (χ0n) is 10.6. The van der Waals surface area contributed by atoms with Crippen molar-refractivity contribution >= 4 is 22.9 Å². The van der Waals surface area contributed by atoms with Crippen LogP contribution in [-0.4, -0.2) is 10.9 Å². The number of carbonyl (C=O) groups excluding carboxylic acids is 1. The molecule has 0 aliphatic heterocycles. The Kier molecular flexibility index (Phi) is 4.10. The smallest absolute Gasteiger partial charge is 0.224 e. The molecule has 0 aliphatic carbocycles. The molecular formula is C14H16N2OS. The molecule has 2 aromatic rings. The Bertz CT molecular complexity index is 548. The van der Waals surface area contributed by atoms with Crippen LogP contribution in [0.1, 0.15) is 22.7 Å². The first-order valence-electron chi connectivity index (χ1n) is 5.91. The second-order valence-corrected chi connectivity index (χ2v) is 5.28. The summed E-state index contributed by atoms with van der Waals surface area (Å²) in [6, 6.07) is 7.79. The maximum Gasteiger partial charge on any atom is 0.224 e. The first-order chi connectivity index (χ1) is 8.65. The molecule has 4 heteroatoms. The number of anilines is 1. The van der Waals surface area contributed by atoms with Gasteiger partial charge < -0.3 is 5.32 Å². The first kappa shape index (κ1) is 12.8. The molecule has 0 atom stereocenters. The van der Waals surface area contributed by atoms with Crippen molar-refractivity contribution < 1.29 is 4.79 Å². The third-order valence-corrected chi connectivity index (χ3v) is 3.52. The van der Waals surface area contributed by atoms with Crippen LogP contribution in [0.4, 0.5) is 5.69 Å². The minimum atomic E-state index is 0.0370. The Morgan fingerprint density at radius 2 is 2.11 bits per heavy atom. The van der Waals surface area contributed by atoms with Gasteiger partial charge in [0, 0.05) is 17.5 Å². The Morgan fingerprint density at radius 1 is 1.33 bits per heavy atom. The molecule has 0 saturated carbocycles. The number of amides is 1. The van der Waals surface area contributed by atoms with Crippen LogP contribution in [0.2, 0.25) is 0 Å². The lowest BCUT2D eigenvalue weighted by Gasteiger charge is -2.07. The second-order valence-electron chi connectivity index (χ2n) is 4.22. The van der Waals surface area contributed by atoms with Crippen LogP contribution in [0.25, 0.3) is 0 Å². The van der Waals surface area contributed by atoms with Crippen LogP contribution in [-0.2, 0) is 11.2 Å². The maximum atomic E-state index is 11.8. The fourth-order valence-corrected chi connectivity index (χ4v) is 2.34. The average Bonchev–Trinajstić information content (AvgIpc) is 2.76. The fraction of sp³-hybridized carbons (Fsp3) is 0.286. The highest BCUT2D eigenvalue weighted by atomic mass is 32.1. The average molecular weight is 260 g/mol. The number of hydrogen-bond donors (Lipinski definition) is 1. The summed E-state index contributed by atoms with van der Waals surface area (Å²) in [5, 5.41) is 5.98. The van der Waals surface area contributed by atoms with Gasteiger partial charge in [0.1, 0.15) is 0 Å². The van der Waals surface area contributed by atoms with E-state index in [1.807, 2.05) is 43.5 Å². The Labute approximate surface area is 111 Å². The van der Waals surface area contributed by atoms with Gasteiger partial charge in [-0.2, -0.15) is 0 Å². The summed E-state index contributed by atoms with van der Waals surface area (Å²) in [7, 11) is 0. The summed E-state index contributed by atoms with van der Waals surface area (Å²) in [4.78, 5) is 16.2. The van der Waals surface area contributed by atoms with E-state index in [2.05, 4.69) is 10.3 Å². The predicted octanol–water partition coefficient (Wildman–Crippen LogP) is 3.33. The molecule has 1 amide bonds. The number of thiazole rings is 1. The van der Waals surface area contributed by atoms with Gasteiger partial charge in [-0.05, 0) is 31.9 Å². The monoisotopic (exact) mass is 260 g/mol. The van der Waals surface area contributed by atoms with Crippen molar-refractivity contribution in [3.63, 3.8) is 0 Å². The summed E-state index contributed by atoms with van der Waals surface area (Å²) in [6.07, 6.45) is 1.17. The van der Waals surface area contributed by atoms with E-state index in [-0.39, 0.29) is 5.91 Å². The summed E-state index contributed by atoms with van der Waals surface area (Å²) >= 11 is 1.62. The molecule has 0 spiro atoms. The number of aryl methyl sites for hydroxylation is 3. The number of benzene rings is 1. The van der Waals surface area contributed by atoms with Crippen molar-refractivity contribution in [3.05, 3.63) is 45.9 Å².